The second-order valence-corrected chi connectivity index (χ2v) is 13.7. The lowest BCUT2D eigenvalue weighted by Crippen LogP contribution is -2.15. The van der Waals surface area contributed by atoms with Crippen LogP contribution < -0.4 is 0 Å². The molecule has 51 heavy (non-hydrogen) atoms. The highest BCUT2D eigenvalue weighted by Crippen LogP contribution is 2.52. The molecule has 8 aromatic rings. The van der Waals surface area contributed by atoms with E-state index in [-0.39, 0.29) is 5.41 Å². The van der Waals surface area contributed by atoms with Crippen molar-refractivity contribution < 1.29 is 0 Å². The van der Waals surface area contributed by atoms with Gasteiger partial charge in [-0.3, -0.25) is 0 Å². The molecule has 1 aliphatic rings. The maximum Gasteiger partial charge on any atom is 0.164 e. The molecule has 0 atom stereocenters. The summed E-state index contributed by atoms with van der Waals surface area (Å²) >= 11 is 0. The van der Waals surface area contributed by atoms with Crippen LogP contribution in [0.15, 0.2) is 176 Å². The van der Waals surface area contributed by atoms with Gasteiger partial charge in [0.1, 0.15) is 0 Å². The molecule has 1 aromatic heterocycles. The predicted octanol–water partition coefficient (Wildman–Crippen LogP) is 12.2. The Morgan fingerprint density at radius 2 is 0.725 bits per heavy atom. The van der Waals surface area contributed by atoms with Gasteiger partial charge < -0.3 is 0 Å². The molecular weight excluding hydrogens is 619 g/mol. The normalized spacial score (nSPS) is 12.7. The fraction of sp³-hybridized carbons (Fsp3) is 0.0625. The Balaban J connectivity index is 1.17. The maximum atomic E-state index is 4.99. The molecule has 0 spiro atoms. The van der Waals surface area contributed by atoms with E-state index in [4.69, 9.17) is 15.0 Å². The minimum absolute atomic E-state index is 0.0773. The van der Waals surface area contributed by atoms with Crippen LogP contribution in [0.5, 0.6) is 0 Å². The van der Waals surface area contributed by atoms with E-state index in [1.54, 1.807) is 0 Å². The van der Waals surface area contributed by atoms with Gasteiger partial charge in [-0.15, -0.1) is 0 Å². The molecule has 1 heterocycles. The Labute approximate surface area is 299 Å². The molecule has 1 aliphatic carbocycles. The van der Waals surface area contributed by atoms with Crippen molar-refractivity contribution in [1.82, 2.24) is 15.0 Å². The van der Waals surface area contributed by atoms with Gasteiger partial charge >= 0.3 is 0 Å². The lowest BCUT2D eigenvalue weighted by molar-refractivity contribution is 0.660. The Kier molecular flexibility index (Phi) is 7.48. The van der Waals surface area contributed by atoms with Gasteiger partial charge in [0.25, 0.3) is 0 Å². The van der Waals surface area contributed by atoms with E-state index in [1.807, 2.05) is 60.7 Å². The van der Waals surface area contributed by atoms with E-state index < -0.39 is 0 Å². The molecule has 0 radical (unpaired) electrons. The highest BCUT2D eigenvalue weighted by molar-refractivity contribution is 5.93. The summed E-state index contributed by atoms with van der Waals surface area (Å²) in [5.41, 5.74) is 15.3. The zero-order chi connectivity index (χ0) is 34.4. The highest BCUT2D eigenvalue weighted by atomic mass is 15.0. The molecule has 0 bridgehead atoms. The molecule has 0 saturated heterocycles. The summed E-state index contributed by atoms with van der Waals surface area (Å²) in [5.74, 6) is 1.95. The number of aromatic nitrogens is 3. The quantitative estimate of drug-likeness (QED) is 0.179. The number of nitrogens with zero attached hydrogens (tertiary/aromatic N) is 3. The van der Waals surface area contributed by atoms with E-state index in [2.05, 4.69) is 129 Å². The number of hydrogen-bond donors (Lipinski definition) is 0. The van der Waals surface area contributed by atoms with Gasteiger partial charge in [0.2, 0.25) is 0 Å². The van der Waals surface area contributed by atoms with Crippen LogP contribution in [0, 0.1) is 0 Å². The van der Waals surface area contributed by atoms with Crippen LogP contribution in [0.2, 0.25) is 0 Å². The first-order valence-electron chi connectivity index (χ1n) is 17.4. The summed E-state index contributed by atoms with van der Waals surface area (Å²) in [6, 6.07) is 62.1. The summed E-state index contributed by atoms with van der Waals surface area (Å²) in [6.45, 7) is 4.69. The van der Waals surface area contributed by atoms with Crippen molar-refractivity contribution in [3.8, 4) is 78.7 Å². The summed E-state index contributed by atoms with van der Waals surface area (Å²) < 4.78 is 0. The molecule has 3 heteroatoms. The maximum absolute atomic E-state index is 4.99. The first-order valence-corrected chi connectivity index (χ1v) is 17.4. The standard InChI is InChI=1S/C48H35N3/c1-48(2)43-27-13-12-26-39(43)42-30-40(41(31-44(42)48)32-16-6-3-7-17-32)37-24-14-22-35(28-37)36-23-15-25-38(29-36)47-50-45(33-18-8-4-9-19-33)49-46(51-47)34-20-10-5-11-21-34/h3-31H,1-2H3. The van der Waals surface area contributed by atoms with E-state index in [0.29, 0.717) is 17.5 Å². The van der Waals surface area contributed by atoms with Gasteiger partial charge in [0.05, 0.1) is 0 Å². The van der Waals surface area contributed by atoms with Crippen molar-refractivity contribution in [1.29, 1.82) is 0 Å². The van der Waals surface area contributed by atoms with Gasteiger partial charge in [0.15, 0.2) is 17.5 Å². The van der Waals surface area contributed by atoms with Crippen molar-refractivity contribution in [3.05, 3.63) is 187 Å². The van der Waals surface area contributed by atoms with Crippen LogP contribution in [-0.2, 0) is 5.41 Å². The first-order chi connectivity index (χ1) is 25.0. The van der Waals surface area contributed by atoms with Crippen LogP contribution in [0.1, 0.15) is 25.0 Å². The van der Waals surface area contributed by atoms with Gasteiger partial charge in [-0.1, -0.05) is 166 Å². The molecule has 0 aliphatic heterocycles. The third-order valence-electron chi connectivity index (χ3n) is 10.1. The van der Waals surface area contributed by atoms with Gasteiger partial charge in [-0.25, -0.2) is 15.0 Å². The molecular formula is C48H35N3. The Morgan fingerprint density at radius 3 is 1.33 bits per heavy atom. The van der Waals surface area contributed by atoms with Gasteiger partial charge in [-0.05, 0) is 79.9 Å². The fourth-order valence-electron chi connectivity index (χ4n) is 7.48. The molecule has 7 aromatic carbocycles. The molecule has 242 valence electrons. The van der Waals surface area contributed by atoms with Crippen LogP contribution >= 0.6 is 0 Å². The fourth-order valence-corrected chi connectivity index (χ4v) is 7.48. The van der Waals surface area contributed by atoms with E-state index >= 15 is 0 Å². The SMILES string of the molecule is CC1(C)c2ccccc2-c2cc(-c3cccc(-c4cccc(-c5nc(-c6ccccc6)nc(-c6ccccc6)n5)c4)c3)c(-c3ccccc3)cc21. The first kappa shape index (κ1) is 30.6. The van der Waals surface area contributed by atoms with Crippen molar-refractivity contribution in [2.75, 3.05) is 0 Å². The molecule has 0 N–H and O–H groups in total. The predicted molar refractivity (Wildman–Crippen MR) is 210 cm³/mol. The van der Waals surface area contributed by atoms with Crippen molar-refractivity contribution in [2.45, 2.75) is 19.3 Å². The summed E-state index contributed by atoms with van der Waals surface area (Å²) in [5, 5.41) is 0. The van der Waals surface area contributed by atoms with Gasteiger partial charge in [-0.2, -0.15) is 0 Å². The zero-order valence-corrected chi connectivity index (χ0v) is 28.6. The topological polar surface area (TPSA) is 38.7 Å². The molecule has 0 saturated carbocycles. The average molecular weight is 654 g/mol. The Bertz CT molecular complexity index is 2480. The van der Waals surface area contributed by atoms with Crippen LogP contribution in [0.3, 0.4) is 0 Å². The Hall–Kier alpha value is -6.45. The molecule has 0 amide bonds. The van der Waals surface area contributed by atoms with E-state index in [1.165, 1.54) is 44.5 Å². The summed E-state index contributed by atoms with van der Waals surface area (Å²) in [7, 11) is 0. The van der Waals surface area contributed by atoms with E-state index in [9.17, 15) is 0 Å². The smallest absolute Gasteiger partial charge is 0.164 e. The molecule has 3 nitrogen and oxygen atoms in total. The lowest BCUT2D eigenvalue weighted by Gasteiger charge is -2.23. The van der Waals surface area contributed by atoms with E-state index in [0.717, 1.165) is 27.8 Å². The summed E-state index contributed by atoms with van der Waals surface area (Å²) in [6.07, 6.45) is 0. The third-order valence-corrected chi connectivity index (χ3v) is 10.1. The van der Waals surface area contributed by atoms with Crippen LogP contribution in [0.25, 0.3) is 78.7 Å². The van der Waals surface area contributed by atoms with Crippen molar-refractivity contribution in [3.63, 3.8) is 0 Å². The van der Waals surface area contributed by atoms with Gasteiger partial charge in [0, 0.05) is 22.1 Å². The molecule has 9 rings (SSSR count). The number of hydrogen-bond acceptors (Lipinski definition) is 3. The zero-order valence-electron chi connectivity index (χ0n) is 28.6. The highest BCUT2D eigenvalue weighted by Gasteiger charge is 2.36. The number of rotatable bonds is 6. The average Bonchev–Trinajstić information content (AvgIpc) is 3.43. The number of fused-ring (bicyclic) bond motifs is 3. The van der Waals surface area contributed by atoms with Crippen LogP contribution in [0.4, 0.5) is 0 Å². The monoisotopic (exact) mass is 653 g/mol. The van der Waals surface area contributed by atoms with Crippen molar-refractivity contribution in [2.24, 2.45) is 0 Å². The minimum Gasteiger partial charge on any atom is -0.208 e. The second kappa shape index (κ2) is 12.5. The largest absolute Gasteiger partial charge is 0.208 e. The minimum atomic E-state index is -0.0773. The lowest BCUT2D eigenvalue weighted by atomic mass is 9.80. The third kappa shape index (κ3) is 5.53. The molecule has 0 unspecified atom stereocenters. The van der Waals surface area contributed by atoms with Crippen LogP contribution in [-0.4, -0.2) is 15.0 Å². The molecule has 0 fully saturated rings. The summed E-state index contributed by atoms with van der Waals surface area (Å²) in [4.78, 5) is 14.9. The number of benzene rings is 7. The Morgan fingerprint density at radius 1 is 0.294 bits per heavy atom. The second-order valence-electron chi connectivity index (χ2n) is 13.7. The van der Waals surface area contributed by atoms with Crippen molar-refractivity contribution >= 4 is 0 Å².